The van der Waals surface area contributed by atoms with Crippen LogP contribution >= 0.6 is 0 Å². The van der Waals surface area contributed by atoms with Crippen LogP contribution < -0.4 is 5.73 Å². The zero-order valence-corrected chi connectivity index (χ0v) is 10.7. The van der Waals surface area contributed by atoms with E-state index in [2.05, 4.69) is 6.07 Å². The first-order valence-electron chi connectivity index (χ1n) is 5.98. The number of hydrogen-bond donors (Lipinski definition) is 1. The lowest BCUT2D eigenvalue weighted by Gasteiger charge is -2.22. The molecule has 1 aromatic carbocycles. The molecule has 1 aliphatic rings. The molecule has 0 aromatic heterocycles. The van der Waals surface area contributed by atoms with Gasteiger partial charge in [0.1, 0.15) is 0 Å². The first-order valence-corrected chi connectivity index (χ1v) is 5.98. The largest absolute Gasteiger partial charge is 0.366 e. The summed E-state index contributed by atoms with van der Waals surface area (Å²) >= 11 is 0. The molecule has 1 unspecified atom stereocenters. The summed E-state index contributed by atoms with van der Waals surface area (Å²) < 4.78 is 0. The summed E-state index contributed by atoms with van der Waals surface area (Å²) in [7, 11) is 0. The van der Waals surface area contributed by atoms with E-state index in [0.29, 0.717) is 12.1 Å². The number of hydrogen-bond acceptors (Lipinski definition) is 4. The van der Waals surface area contributed by atoms with Gasteiger partial charge < -0.3 is 10.6 Å². The van der Waals surface area contributed by atoms with E-state index in [-0.39, 0.29) is 5.57 Å². The van der Waals surface area contributed by atoms with Crippen LogP contribution in [0.15, 0.2) is 48.3 Å². The Bertz CT molecular complexity index is 659. The van der Waals surface area contributed by atoms with Crippen LogP contribution in [0.1, 0.15) is 11.1 Å². The summed E-state index contributed by atoms with van der Waals surface area (Å²) in [5.74, 6) is -1.18. The minimum Gasteiger partial charge on any atom is -0.366 e. The van der Waals surface area contributed by atoms with E-state index in [1.54, 1.807) is 35.5 Å². The van der Waals surface area contributed by atoms with E-state index in [4.69, 9.17) is 16.3 Å². The van der Waals surface area contributed by atoms with Crippen LogP contribution in [-0.2, 0) is 11.3 Å². The number of benzene rings is 1. The Morgan fingerprint density at radius 1 is 1.30 bits per heavy atom. The van der Waals surface area contributed by atoms with Crippen molar-refractivity contribution in [2.45, 2.75) is 6.54 Å². The normalized spacial score (nSPS) is 17.0. The lowest BCUT2D eigenvalue weighted by molar-refractivity contribution is -0.114. The highest BCUT2D eigenvalue weighted by Crippen LogP contribution is 2.20. The Hall–Kier alpha value is -3.05. The van der Waals surface area contributed by atoms with Crippen LogP contribution in [0, 0.1) is 28.6 Å². The molecule has 0 saturated carbocycles. The van der Waals surface area contributed by atoms with Gasteiger partial charge in [-0.2, -0.15) is 10.5 Å². The predicted octanol–water partition coefficient (Wildman–Crippen LogP) is 1.40. The van der Waals surface area contributed by atoms with Gasteiger partial charge in [0.25, 0.3) is 0 Å². The van der Waals surface area contributed by atoms with Crippen molar-refractivity contribution in [1.29, 1.82) is 10.5 Å². The molecule has 1 amide bonds. The molecule has 5 nitrogen and oxygen atoms in total. The van der Waals surface area contributed by atoms with Gasteiger partial charge in [-0.3, -0.25) is 4.79 Å². The second kappa shape index (κ2) is 5.73. The number of rotatable bonds is 3. The molecule has 2 rings (SSSR count). The third-order valence-electron chi connectivity index (χ3n) is 2.98. The van der Waals surface area contributed by atoms with E-state index in [1.165, 1.54) is 0 Å². The van der Waals surface area contributed by atoms with Crippen molar-refractivity contribution < 1.29 is 4.79 Å². The average molecular weight is 264 g/mol. The fourth-order valence-corrected chi connectivity index (χ4v) is 1.93. The number of nitrogens with two attached hydrogens (primary N) is 1. The quantitative estimate of drug-likeness (QED) is 0.892. The van der Waals surface area contributed by atoms with Crippen molar-refractivity contribution in [2.24, 2.45) is 11.7 Å². The molecule has 1 aliphatic heterocycles. The van der Waals surface area contributed by atoms with E-state index in [0.717, 1.165) is 5.56 Å². The van der Waals surface area contributed by atoms with E-state index < -0.39 is 11.8 Å². The van der Waals surface area contributed by atoms with Crippen LogP contribution in [0.25, 0.3) is 0 Å². The van der Waals surface area contributed by atoms with Crippen molar-refractivity contribution in [1.82, 2.24) is 4.90 Å². The molecule has 1 aromatic rings. The van der Waals surface area contributed by atoms with Gasteiger partial charge in [-0.25, -0.2) is 0 Å². The predicted molar refractivity (Wildman–Crippen MR) is 72.2 cm³/mol. The number of nitriles is 2. The highest BCUT2D eigenvalue weighted by Gasteiger charge is 2.20. The molecule has 0 bridgehead atoms. The summed E-state index contributed by atoms with van der Waals surface area (Å²) in [6.07, 6.45) is 4.98. The Balaban J connectivity index is 2.16. The lowest BCUT2D eigenvalue weighted by atomic mass is 9.98. The van der Waals surface area contributed by atoms with Gasteiger partial charge in [-0.15, -0.1) is 0 Å². The maximum absolute atomic E-state index is 11.3. The molecule has 0 spiro atoms. The highest BCUT2D eigenvalue weighted by atomic mass is 16.1. The van der Waals surface area contributed by atoms with Gasteiger partial charge in [-0.1, -0.05) is 12.1 Å². The van der Waals surface area contributed by atoms with Crippen molar-refractivity contribution in [3.63, 3.8) is 0 Å². The minimum absolute atomic E-state index is 0.281. The average Bonchev–Trinajstić information content (AvgIpc) is 2.48. The van der Waals surface area contributed by atoms with Crippen molar-refractivity contribution in [3.8, 4) is 12.1 Å². The van der Waals surface area contributed by atoms with Crippen LogP contribution in [0.4, 0.5) is 0 Å². The molecular weight excluding hydrogens is 252 g/mol. The smallest absolute Gasteiger partial charge is 0.247 e. The van der Waals surface area contributed by atoms with E-state index in [9.17, 15) is 4.79 Å². The molecule has 20 heavy (non-hydrogen) atoms. The second-order valence-electron chi connectivity index (χ2n) is 4.38. The van der Waals surface area contributed by atoms with E-state index >= 15 is 0 Å². The zero-order valence-electron chi connectivity index (χ0n) is 10.7. The maximum atomic E-state index is 11.3. The van der Waals surface area contributed by atoms with E-state index in [1.807, 2.05) is 18.2 Å². The molecule has 5 heteroatoms. The fourth-order valence-electron chi connectivity index (χ4n) is 1.93. The minimum atomic E-state index is -0.593. The fraction of sp³-hybridized carbons (Fsp3) is 0.133. The zero-order chi connectivity index (χ0) is 14.5. The molecule has 2 N–H and O–H groups in total. The first-order chi connectivity index (χ1) is 9.63. The number of primary amides is 1. The Morgan fingerprint density at radius 3 is 2.55 bits per heavy atom. The van der Waals surface area contributed by atoms with Crippen LogP contribution in [0.3, 0.4) is 0 Å². The van der Waals surface area contributed by atoms with Crippen LogP contribution in [-0.4, -0.2) is 10.8 Å². The molecule has 0 fully saturated rings. The van der Waals surface area contributed by atoms with Gasteiger partial charge in [0.15, 0.2) is 0 Å². The highest BCUT2D eigenvalue weighted by molar-refractivity contribution is 5.93. The Morgan fingerprint density at radius 2 is 2.00 bits per heavy atom. The summed E-state index contributed by atoms with van der Waals surface area (Å²) in [6.45, 7) is 0.539. The third-order valence-corrected chi connectivity index (χ3v) is 2.98. The third kappa shape index (κ3) is 2.85. The SMILES string of the molecule is N#Cc1ccc(CN2C=CC(C#N)C(C(N)=O)=C2)cc1. The van der Waals surface area contributed by atoms with Crippen LogP contribution in [0.5, 0.6) is 0 Å². The summed E-state index contributed by atoms with van der Waals surface area (Å²) in [4.78, 5) is 13.1. The number of carbonyl (C=O) groups is 1. The maximum Gasteiger partial charge on any atom is 0.247 e. The number of nitrogens with zero attached hydrogens (tertiary/aromatic N) is 3. The molecule has 0 saturated heterocycles. The van der Waals surface area contributed by atoms with Crippen molar-refractivity contribution >= 4 is 5.91 Å². The monoisotopic (exact) mass is 264 g/mol. The van der Waals surface area contributed by atoms with Gasteiger partial charge >= 0.3 is 0 Å². The van der Waals surface area contributed by atoms with Crippen molar-refractivity contribution in [2.75, 3.05) is 0 Å². The van der Waals surface area contributed by atoms with Gasteiger partial charge in [0.05, 0.1) is 29.2 Å². The number of carbonyl (C=O) groups excluding carboxylic acids is 1. The second-order valence-corrected chi connectivity index (χ2v) is 4.38. The molecule has 98 valence electrons. The molecular formula is C15H12N4O. The van der Waals surface area contributed by atoms with Gasteiger partial charge in [-0.05, 0) is 23.8 Å². The van der Waals surface area contributed by atoms with Gasteiger partial charge in [0.2, 0.25) is 5.91 Å². The Labute approximate surface area is 116 Å². The Kier molecular flexibility index (Phi) is 3.83. The summed E-state index contributed by atoms with van der Waals surface area (Å²) in [5.41, 5.74) is 7.14. The summed E-state index contributed by atoms with van der Waals surface area (Å²) in [5, 5.41) is 17.7. The summed E-state index contributed by atoms with van der Waals surface area (Å²) in [6, 6.07) is 11.2. The molecule has 0 aliphatic carbocycles. The standard InChI is InChI=1S/C15H12N4O/c16-7-11-1-3-12(4-2-11)9-19-6-5-13(8-17)14(10-19)15(18)20/h1-6,10,13H,9H2,(H2,18,20). The molecule has 0 radical (unpaired) electrons. The molecule has 1 heterocycles. The molecule has 1 atom stereocenters. The first kappa shape index (κ1) is 13.4. The van der Waals surface area contributed by atoms with Crippen LogP contribution in [0.2, 0.25) is 0 Å². The topological polar surface area (TPSA) is 93.9 Å². The lowest BCUT2D eigenvalue weighted by Crippen LogP contribution is -2.25. The van der Waals surface area contributed by atoms with Crippen molar-refractivity contribution in [3.05, 3.63) is 59.4 Å². The van der Waals surface area contributed by atoms with Gasteiger partial charge in [0, 0.05) is 18.9 Å². The number of amides is 1. The number of allylic oxidation sites excluding steroid dienone is 1.